The fraction of sp³-hybridized carbons (Fsp3) is 0.611. The van der Waals surface area contributed by atoms with Crippen molar-refractivity contribution in [2.24, 2.45) is 0 Å². The molecule has 1 aliphatic heterocycles. The van der Waals surface area contributed by atoms with Crippen LogP contribution < -0.4 is 10.6 Å². The van der Waals surface area contributed by atoms with Crippen molar-refractivity contribution in [1.82, 2.24) is 10.2 Å². The number of methoxy groups -OCH3 is 1. The molecule has 2 N–H and O–H groups in total. The van der Waals surface area contributed by atoms with E-state index in [1.165, 1.54) is 0 Å². The third-order valence-electron chi connectivity index (χ3n) is 4.34. The van der Waals surface area contributed by atoms with Crippen molar-refractivity contribution >= 4 is 27.5 Å². The van der Waals surface area contributed by atoms with E-state index in [1.54, 1.807) is 7.11 Å². The average Bonchev–Trinajstić information content (AvgIpc) is 2.56. The van der Waals surface area contributed by atoms with Gasteiger partial charge in [0.05, 0.1) is 6.61 Å². The number of hydrogen-bond donors (Lipinski definition) is 2. The molecule has 1 aliphatic rings. The summed E-state index contributed by atoms with van der Waals surface area (Å²) in [5, 5.41) is 6.54. The van der Waals surface area contributed by atoms with Gasteiger partial charge in [0.2, 0.25) is 5.91 Å². The molecule has 0 aliphatic carbocycles. The van der Waals surface area contributed by atoms with Crippen LogP contribution in [0.1, 0.15) is 26.2 Å². The highest BCUT2D eigenvalue weighted by molar-refractivity contribution is 9.10. The second kappa shape index (κ2) is 10.1. The van der Waals surface area contributed by atoms with Gasteiger partial charge in [0, 0.05) is 42.3 Å². The van der Waals surface area contributed by atoms with E-state index < -0.39 is 0 Å². The molecule has 0 spiro atoms. The van der Waals surface area contributed by atoms with Crippen LogP contribution in [0.5, 0.6) is 0 Å². The van der Waals surface area contributed by atoms with Crippen LogP contribution in [0.25, 0.3) is 0 Å². The lowest BCUT2D eigenvalue weighted by atomic mass is 10.0. The third kappa shape index (κ3) is 6.89. The molecule has 6 heteroatoms. The molecule has 24 heavy (non-hydrogen) atoms. The lowest BCUT2D eigenvalue weighted by Gasteiger charge is -2.33. The normalized spacial score (nSPS) is 17.6. The van der Waals surface area contributed by atoms with Crippen molar-refractivity contribution in [3.8, 4) is 0 Å². The number of carbonyl (C=O) groups is 1. The summed E-state index contributed by atoms with van der Waals surface area (Å²) in [6.07, 6.45) is 2.74. The van der Waals surface area contributed by atoms with Gasteiger partial charge in [0.25, 0.3) is 0 Å². The molecule has 0 aromatic heterocycles. The largest absolute Gasteiger partial charge is 0.383 e. The first kappa shape index (κ1) is 19.4. The highest BCUT2D eigenvalue weighted by Crippen LogP contribution is 2.15. The van der Waals surface area contributed by atoms with Crippen LogP contribution in [0.3, 0.4) is 0 Å². The SMILES string of the molecule is COCCN1CCC(NC(C)CC(=O)Nc2ccc(Br)cc2)CC1. The maximum absolute atomic E-state index is 12.1. The molecule has 1 amide bonds. The van der Waals surface area contributed by atoms with Crippen LogP contribution >= 0.6 is 15.9 Å². The second-order valence-electron chi connectivity index (χ2n) is 6.44. The van der Waals surface area contributed by atoms with Gasteiger partial charge in [-0.2, -0.15) is 0 Å². The van der Waals surface area contributed by atoms with Crippen LogP contribution in [-0.2, 0) is 9.53 Å². The zero-order chi connectivity index (χ0) is 17.4. The van der Waals surface area contributed by atoms with E-state index in [0.717, 1.165) is 49.2 Å². The van der Waals surface area contributed by atoms with Crippen LogP contribution in [0.4, 0.5) is 5.69 Å². The summed E-state index contributed by atoms with van der Waals surface area (Å²) in [4.78, 5) is 14.6. The van der Waals surface area contributed by atoms with Crippen molar-refractivity contribution in [2.75, 3.05) is 38.7 Å². The number of piperidine rings is 1. The molecule has 1 fully saturated rings. The average molecular weight is 398 g/mol. The zero-order valence-electron chi connectivity index (χ0n) is 14.6. The van der Waals surface area contributed by atoms with E-state index in [4.69, 9.17) is 4.74 Å². The van der Waals surface area contributed by atoms with Gasteiger partial charge < -0.3 is 20.3 Å². The van der Waals surface area contributed by atoms with E-state index in [0.29, 0.717) is 12.5 Å². The molecule has 5 nitrogen and oxygen atoms in total. The first-order chi connectivity index (χ1) is 11.6. The number of likely N-dealkylation sites (tertiary alicyclic amines) is 1. The van der Waals surface area contributed by atoms with Crippen LogP contribution in [0, 0.1) is 0 Å². The minimum absolute atomic E-state index is 0.0508. The molecule has 134 valence electrons. The number of nitrogens with zero attached hydrogens (tertiary/aromatic N) is 1. The lowest BCUT2D eigenvalue weighted by Crippen LogP contribution is -2.46. The quantitative estimate of drug-likeness (QED) is 0.707. The summed E-state index contributed by atoms with van der Waals surface area (Å²) < 4.78 is 6.14. The number of anilines is 1. The number of carbonyl (C=O) groups excluding carboxylic acids is 1. The van der Waals surface area contributed by atoms with Gasteiger partial charge in [0.1, 0.15) is 0 Å². The highest BCUT2D eigenvalue weighted by Gasteiger charge is 2.21. The monoisotopic (exact) mass is 397 g/mol. The molecular weight excluding hydrogens is 370 g/mol. The number of ether oxygens (including phenoxy) is 1. The Bertz CT molecular complexity index is 501. The standard InChI is InChI=1S/C18H28BrN3O2/c1-14(13-18(23)21-16-5-3-15(19)4-6-16)20-17-7-9-22(10-8-17)11-12-24-2/h3-6,14,17,20H,7-13H2,1-2H3,(H,21,23). The number of halogens is 1. The summed E-state index contributed by atoms with van der Waals surface area (Å²) in [6.45, 7) is 6.08. The minimum Gasteiger partial charge on any atom is -0.383 e. The zero-order valence-corrected chi connectivity index (χ0v) is 16.1. The Morgan fingerprint density at radius 1 is 1.33 bits per heavy atom. The third-order valence-corrected chi connectivity index (χ3v) is 4.87. The molecule has 0 radical (unpaired) electrons. The van der Waals surface area contributed by atoms with Crippen molar-refractivity contribution in [1.29, 1.82) is 0 Å². The summed E-state index contributed by atoms with van der Waals surface area (Å²) in [5.41, 5.74) is 0.835. The van der Waals surface area contributed by atoms with Crippen molar-refractivity contribution < 1.29 is 9.53 Å². The van der Waals surface area contributed by atoms with Gasteiger partial charge in [-0.05, 0) is 57.1 Å². The van der Waals surface area contributed by atoms with Gasteiger partial charge in [-0.3, -0.25) is 4.79 Å². The first-order valence-corrected chi connectivity index (χ1v) is 9.39. The number of amides is 1. The van der Waals surface area contributed by atoms with E-state index in [9.17, 15) is 4.79 Å². The molecule has 0 saturated carbocycles. The molecule has 2 rings (SSSR count). The van der Waals surface area contributed by atoms with Crippen LogP contribution in [0.15, 0.2) is 28.7 Å². The lowest BCUT2D eigenvalue weighted by molar-refractivity contribution is -0.116. The van der Waals surface area contributed by atoms with Gasteiger partial charge >= 0.3 is 0 Å². The Morgan fingerprint density at radius 2 is 2.00 bits per heavy atom. The van der Waals surface area contributed by atoms with E-state index >= 15 is 0 Å². The van der Waals surface area contributed by atoms with E-state index in [1.807, 2.05) is 24.3 Å². The Morgan fingerprint density at radius 3 is 2.62 bits per heavy atom. The molecule has 1 atom stereocenters. The predicted molar refractivity (Wildman–Crippen MR) is 101 cm³/mol. The van der Waals surface area contributed by atoms with Crippen LogP contribution in [-0.4, -0.2) is 56.2 Å². The molecule has 1 unspecified atom stereocenters. The maximum atomic E-state index is 12.1. The summed E-state index contributed by atoms with van der Waals surface area (Å²) in [7, 11) is 1.75. The molecule has 1 saturated heterocycles. The molecule has 0 bridgehead atoms. The molecule has 1 aromatic carbocycles. The van der Waals surface area contributed by atoms with Crippen molar-refractivity contribution in [2.45, 2.75) is 38.3 Å². The van der Waals surface area contributed by atoms with E-state index in [2.05, 4.69) is 38.4 Å². The van der Waals surface area contributed by atoms with Gasteiger partial charge in [-0.1, -0.05) is 15.9 Å². The number of nitrogens with one attached hydrogen (secondary N) is 2. The molecule has 1 heterocycles. The van der Waals surface area contributed by atoms with Crippen LogP contribution in [0.2, 0.25) is 0 Å². The van der Waals surface area contributed by atoms with Crippen molar-refractivity contribution in [3.63, 3.8) is 0 Å². The predicted octanol–water partition coefficient (Wildman–Crippen LogP) is 2.87. The Labute approximate surface area is 153 Å². The smallest absolute Gasteiger partial charge is 0.225 e. The molecule has 1 aromatic rings. The first-order valence-electron chi connectivity index (χ1n) is 8.59. The number of rotatable bonds is 8. The Kier molecular flexibility index (Phi) is 8.18. The number of benzene rings is 1. The summed E-state index contributed by atoms with van der Waals surface area (Å²) in [6, 6.07) is 8.32. The second-order valence-corrected chi connectivity index (χ2v) is 7.35. The minimum atomic E-state index is 0.0508. The Balaban J connectivity index is 1.66. The summed E-state index contributed by atoms with van der Waals surface area (Å²) >= 11 is 3.39. The topological polar surface area (TPSA) is 53.6 Å². The number of hydrogen-bond acceptors (Lipinski definition) is 4. The highest BCUT2D eigenvalue weighted by atomic mass is 79.9. The van der Waals surface area contributed by atoms with E-state index in [-0.39, 0.29) is 11.9 Å². The van der Waals surface area contributed by atoms with Gasteiger partial charge in [0.15, 0.2) is 0 Å². The molecular formula is C18H28BrN3O2. The Hall–Kier alpha value is -0.950. The van der Waals surface area contributed by atoms with Gasteiger partial charge in [-0.25, -0.2) is 0 Å². The fourth-order valence-electron chi connectivity index (χ4n) is 3.03. The fourth-order valence-corrected chi connectivity index (χ4v) is 3.29. The van der Waals surface area contributed by atoms with Gasteiger partial charge in [-0.15, -0.1) is 0 Å². The van der Waals surface area contributed by atoms with Crippen molar-refractivity contribution in [3.05, 3.63) is 28.7 Å². The maximum Gasteiger partial charge on any atom is 0.225 e. The summed E-state index contributed by atoms with van der Waals surface area (Å²) in [5.74, 6) is 0.0508.